The Kier molecular flexibility index (Phi) is 5.65. The number of para-hydroxylation sites is 1. The Morgan fingerprint density at radius 1 is 1.25 bits per heavy atom. The Bertz CT molecular complexity index is 1120. The van der Waals surface area contributed by atoms with Gasteiger partial charge in [0.15, 0.2) is 0 Å². The van der Waals surface area contributed by atoms with Gasteiger partial charge in [-0.2, -0.15) is 0 Å². The highest BCUT2D eigenvalue weighted by Gasteiger charge is 2.43. The molecule has 3 heterocycles. The van der Waals surface area contributed by atoms with E-state index >= 15 is 0 Å². The minimum Gasteiger partial charge on any atom is -0.464 e. The Morgan fingerprint density at radius 2 is 2.12 bits per heavy atom. The van der Waals surface area contributed by atoms with Crippen molar-refractivity contribution in [2.75, 3.05) is 13.2 Å². The number of amides is 1. The van der Waals surface area contributed by atoms with Crippen LogP contribution in [0.25, 0.3) is 11.0 Å². The van der Waals surface area contributed by atoms with Gasteiger partial charge in [0.2, 0.25) is 0 Å². The molecule has 5 rings (SSSR count). The predicted octanol–water partition coefficient (Wildman–Crippen LogP) is 2.43. The van der Waals surface area contributed by atoms with E-state index < -0.39 is 24.8 Å². The second kappa shape index (κ2) is 8.59. The highest BCUT2D eigenvalue weighted by atomic mass is 16.6. The summed E-state index contributed by atoms with van der Waals surface area (Å²) in [5.41, 5.74) is 4.11. The average molecular weight is 437 g/mol. The van der Waals surface area contributed by atoms with Crippen LogP contribution in [-0.4, -0.2) is 42.4 Å². The number of hydrogen-bond acceptors (Lipinski definition) is 7. The van der Waals surface area contributed by atoms with E-state index in [1.807, 2.05) is 42.5 Å². The molecule has 2 atom stereocenters. The van der Waals surface area contributed by atoms with E-state index in [1.165, 1.54) is 0 Å². The lowest BCUT2D eigenvalue weighted by atomic mass is 9.76. The van der Waals surface area contributed by atoms with Crippen molar-refractivity contribution in [3.05, 3.63) is 71.0 Å². The summed E-state index contributed by atoms with van der Waals surface area (Å²) in [6.07, 6.45) is 1.82. The van der Waals surface area contributed by atoms with Crippen LogP contribution in [0, 0.1) is 0 Å². The van der Waals surface area contributed by atoms with Crippen molar-refractivity contribution >= 4 is 24.2 Å². The molecule has 2 aliphatic rings. The first-order valence-electron chi connectivity index (χ1n) is 10.6. The van der Waals surface area contributed by atoms with Crippen LogP contribution in [0.1, 0.15) is 28.7 Å². The van der Waals surface area contributed by atoms with E-state index in [2.05, 4.69) is 5.32 Å². The van der Waals surface area contributed by atoms with Gasteiger partial charge in [-0.25, -0.2) is 4.79 Å². The molecule has 1 fully saturated rings. The summed E-state index contributed by atoms with van der Waals surface area (Å²) in [7, 11) is -1.75. The van der Waals surface area contributed by atoms with Crippen molar-refractivity contribution in [2.24, 2.45) is 0 Å². The summed E-state index contributed by atoms with van der Waals surface area (Å²) in [6.45, 7) is 1.81. The molecule has 9 heteroatoms. The maximum absolute atomic E-state index is 12.4. The summed E-state index contributed by atoms with van der Waals surface area (Å²) in [5.74, 6) is -0.948. The van der Waals surface area contributed by atoms with Crippen LogP contribution >= 0.6 is 0 Å². The van der Waals surface area contributed by atoms with Crippen LogP contribution in [-0.2, 0) is 39.4 Å². The van der Waals surface area contributed by atoms with Crippen molar-refractivity contribution in [3.8, 4) is 0 Å². The first kappa shape index (κ1) is 21.0. The normalized spacial score (nSPS) is 20.4. The number of nitrogens with one attached hydrogen (secondary N) is 1. The van der Waals surface area contributed by atoms with Gasteiger partial charge >= 0.3 is 13.2 Å². The molecule has 0 radical (unpaired) electrons. The fourth-order valence-electron chi connectivity index (χ4n) is 4.43. The van der Waals surface area contributed by atoms with Gasteiger partial charge in [-0.3, -0.25) is 0 Å². The van der Waals surface area contributed by atoms with Crippen LogP contribution in [0.5, 0.6) is 0 Å². The zero-order chi connectivity index (χ0) is 22.1. The van der Waals surface area contributed by atoms with Crippen LogP contribution in [0.4, 0.5) is 4.79 Å². The molecule has 1 amide bonds. The molecule has 32 heavy (non-hydrogen) atoms. The number of ether oxygens (including phenoxy) is 3. The maximum Gasteiger partial charge on any atom is 0.475 e. The van der Waals surface area contributed by atoms with Gasteiger partial charge in [-0.15, -0.1) is 0 Å². The molecule has 3 N–H and O–H groups in total. The molecule has 0 saturated carbocycles. The molecule has 166 valence electrons. The number of carbonyl (C=O) groups is 1. The topological polar surface area (TPSA) is 110 Å². The second-order valence-corrected chi connectivity index (χ2v) is 8.28. The van der Waals surface area contributed by atoms with E-state index in [0.29, 0.717) is 25.4 Å². The highest BCUT2D eigenvalue weighted by molar-refractivity contribution is 6.43. The first-order chi connectivity index (χ1) is 15.5. The Balaban J connectivity index is 1.22. The molecule has 8 nitrogen and oxygen atoms in total. The standard InChI is InChI=1S/C23H24BNO7/c26-22(25-21(24(27)28)10-17-12-30-20-4-2-1-3-18(17)20)31-11-15-5-6-16-13-32-23(19(16)9-15)7-8-29-14-23/h1-6,9,12,21,27-28H,7-8,10-11,13-14H2,(H,25,26)/t21-,23?/m0/s1. The van der Waals surface area contributed by atoms with Gasteiger partial charge in [0, 0.05) is 18.4 Å². The summed E-state index contributed by atoms with van der Waals surface area (Å²) < 4.78 is 22.4. The number of furan rings is 1. The van der Waals surface area contributed by atoms with E-state index in [9.17, 15) is 14.8 Å². The van der Waals surface area contributed by atoms with Crippen molar-refractivity contribution < 1.29 is 33.5 Å². The van der Waals surface area contributed by atoms with E-state index in [1.54, 1.807) is 6.26 Å². The smallest absolute Gasteiger partial charge is 0.464 e. The molecule has 1 aromatic heterocycles. The number of hydrogen-bond donors (Lipinski definition) is 3. The van der Waals surface area contributed by atoms with Crippen molar-refractivity contribution in [1.82, 2.24) is 5.32 Å². The van der Waals surface area contributed by atoms with Gasteiger partial charge in [0.25, 0.3) is 0 Å². The fourth-order valence-corrected chi connectivity index (χ4v) is 4.43. The van der Waals surface area contributed by atoms with Gasteiger partial charge in [0.1, 0.15) is 17.8 Å². The third-order valence-electron chi connectivity index (χ3n) is 6.19. The van der Waals surface area contributed by atoms with Crippen LogP contribution < -0.4 is 5.32 Å². The number of benzene rings is 2. The molecular weight excluding hydrogens is 413 g/mol. The quantitative estimate of drug-likeness (QED) is 0.508. The minimum absolute atomic E-state index is 0.0545. The van der Waals surface area contributed by atoms with E-state index in [4.69, 9.17) is 18.6 Å². The first-order valence-corrected chi connectivity index (χ1v) is 10.6. The monoisotopic (exact) mass is 437 g/mol. The fraction of sp³-hybridized carbons (Fsp3) is 0.348. The maximum atomic E-state index is 12.4. The molecule has 1 saturated heterocycles. The third-order valence-corrected chi connectivity index (χ3v) is 6.19. The lowest BCUT2D eigenvalue weighted by molar-refractivity contribution is -0.0421. The number of carbonyl (C=O) groups excluding carboxylic acids is 1. The molecule has 2 aliphatic heterocycles. The predicted molar refractivity (Wildman–Crippen MR) is 116 cm³/mol. The van der Waals surface area contributed by atoms with E-state index in [0.717, 1.165) is 34.1 Å². The van der Waals surface area contributed by atoms with Gasteiger partial charge in [0.05, 0.1) is 25.4 Å². The second-order valence-electron chi connectivity index (χ2n) is 8.28. The lowest BCUT2D eigenvalue weighted by Crippen LogP contribution is -2.48. The van der Waals surface area contributed by atoms with Gasteiger partial charge < -0.3 is 34.0 Å². The molecule has 2 aromatic carbocycles. The Labute approximate surface area is 185 Å². The van der Waals surface area contributed by atoms with Crippen LogP contribution in [0.2, 0.25) is 0 Å². The Morgan fingerprint density at radius 3 is 2.94 bits per heavy atom. The van der Waals surface area contributed by atoms with E-state index in [-0.39, 0.29) is 13.0 Å². The number of fused-ring (bicyclic) bond motifs is 3. The van der Waals surface area contributed by atoms with Gasteiger partial charge in [-0.1, -0.05) is 30.3 Å². The zero-order valence-electron chi connectivity index (χ0n) is 17.5. The molecule has 0 aliphatic carbocycles. The molecular formula is C23H24BNO7. The summed E-state index contributed by atoms with van der Waals surface area (Å²) in [5, 5.41) is 22.9. The number of alkyl carbamates (subject to hydrolysis) is 1. The van der Waals surface area contributed by atoms with Crippen molar-refractivity contribution in [1.29, 1.82) is 0 Å². The number of rotatable bonds is 6. The summed E-state index contributed by atoms with van der Waals surface area (Å²) >= 11 is 0. The zero-order valence-corrected chi connectivity index (χ0v) is 17.5. The average Bonchev–Trinajstić information content (AvgIpc) is 3.52. The lowest BCUT2D eigenvalue weighted by Gasteiger charge is -2.22. The van der Waals surface area contributed by atoms with Crippen molar-refractivity contribution in [3.63, 3.8) is 0 Å². The Hall–Kier alpha value is -2.85. The molecule has 3 aromatic rings. The van der Waals surface area contributed by atoms with Crippen LogP contribution in [0.3, 0.4) is 0 Å². The minimum atomic E-state index is -1.75. The summed E-state index contributed by atoms with van der Waals surface area (Å²) in [6, 6.07) is 13.3. The van der Waals surface area contributed by atoms with Gasteiger partial charge in [-0.05, 0) is 40.8 Å². The van der Waals surface area contributed by atoms with Crippen molar-refractivity contribution in [2.45, 2.75) is 37.6 Å². The third kappa shape index (κ3) is 4.00. The summed E-state index contributed by atoms with van der Waals surface area (Å²) in [4.78, 5) is 12.4. The molecule has 0 bridgehead atoms. The SMILES string of the molecule is O=C(N[C@@H](Cc1coc2ccccc12)B(O)O)OCc1ccc2c(c1)C1(CCOC1)OC2. The van der Waals surface area contributed by atoms with Crippen LogP contribution in [0.15, 0.2) is 53.1 Å². The largest absolute Gasteiger partial charge is 0.475 e. The molecule has 1 spiro atoms. The highest BCUT2D eigenvalue weighted by Crippen LogP contribution is 2.42. The molecule has 1 unspecified atom stereocenters.